The second-order valence-corrected chi connectivity index (χ2v) is 6.39. The molecule has 0 fully saturated rings. The Balaban J connectivity index is 2.47. The zero-order valence-corrected chi connectivity index (χ0v) is 17.2. The van der Waals surface area contributed by atoms with Crippen molar-refractivity contribution in [2.75, 3.05) is 7.05 Å². The molecule has 0 aliphatic heterocycles. The van der Waals surface area contributed by atoms with Crippen molar-refractivity contribution in [1.82, 2.24) is 20.1 Å². The summed E-state index contributed by atoms with van der Waals surface area (Å²) in [6.45, 7) is 3.57. The first-order valence-electron chi connectivity index (χ1n) is 9.38. The van der Waals surface area contributed by atoms with Gasteiger partial charge in [-0.05, 0) is 62.9 Å². The Hall–Kier alpha value is -3.39. The maximum atomic E-state index is 15.1. The fourth-order valence-electron chi connectivity index (χ4n) is 2.78. The Labute approximate surface area is 174 Å². The van der Waals surface area contributed by atoms with Gasteiger partial charge in [0.2, 0.25) is 0 Å². The quantitative estimate of drug-likeness (QED) is 0.577. The molecule has 1 unspecified atom stereocenters. The standard InChI is InChI=1S/C22H26F2N6/c1-4-6-16(18(25)7-5-2)10-13-22(23,24)21(27-3)30-20(26)9-8-19(29-30)17-11-14-28-15-12-17/h4-15,21,26-27H,25H2,1-3H3/b6-4-,7-5-,13-10+,18-16+,26-20?. The molecule has 0 bridgehead atoms. The van der Waals surface area contributed by atoms with E-state index < -0.39 is 12.1 Å². The molecule has 0 amide bonds. The molecule has 0 aliphatic carbocycles. The predicted molar refractivity (Wildman–Crippen MR) is 114 cm³/mol. The summed E-state index contributed by atoms with van der Waals surface area (Å²) in [5.74, 6) is -3.36. The highest BCUT2D eigenvalue weighted by atomic mass is 19.3. The minimum Gasteiger partial charge on any atom is -0.398 e. The van der Waals surface area contributed by atoms with Crippen molar-refractivity contribution >= 4 is 0 Å². The number of nitrogens with one attached hydrogen (secondary N) is 2. The van der Waals surface area contributed by atoms with Crippen LogP contribution in [-0.4, -0.2) is 27.7 Å². The first-order valence-corrected chi connectivity index (χ1v) is 9.38. The molecule has 0 aliphatic rings. The molecule has 2 heterocycles. The molecule has 30 heavy (non-hydrogen) atoms. The van der Waals surface area contributed by atoms with Gasteiger partial charge in [-0.2, -0.15) is 13.9 Å². The van der Waals surface area contributed by atoms with Crippen molar-refractivity contribution in [2.45, 2.75) is 25.9 Å². The number of allylic oxidation sites excluding steroid dienone is 6. The van der Waals surface area contributed by atoms with Crippen LogP contribution in [0.4, 0.5) is 8.78 Å². The summed E-state index contributed by atoms with van der Waals surface area (Å²) in [6, 6.07) is 6.49. The first kappa shape index (κ1) is 22.9. The van der Waals surface area contributed by atoms with Crippen LogP contribution in [0.5, 0.6) is 0 Å². The molecule has 0 radical (unpaired) electrons. The lowest BCUT2D eigenvalue weighted by atomic mass is 10.1. The maximum Gasteiger partial charge on any atom is 0.301 e. The van der Waals surface area contributed by atoms with E-state index in [0.717, 1.165) is 10.8 Å². The molecule has 158 valence electrons. The fraction of sp³-hybridized carbons (Fsp3) is 0.227. The van der Waals surface area contributed by atoms with E-state index in [1.807, 2.05) is 0 Å². The van der Waals surface area contributed by atoms with Crippen LogP contribution in [0.3, 0.4) is 0 Å². The third-order valence-electron chi connectivity index (χ3n) is 4.23. The van der Waals surface area contributed by atoms with Gasteiger partial charge in [-0.25, -0.2) is 4.68 Å². The van der Waals surface area contributed by atoms with Crippen LogP contribution in [0.15, 0.2) is 84.4 Å². The Morgan fingerprint density at radius 1 is 1.13 bits per heavy atom. The number of aromatic nitrogens is 3. The first-order chi connectivity index (χ1) is 14.3. The Bertz CT molecular complexity index is 1020. The van der Waals surface area contributed by atoms with Gasteiger partial charge in [0.1, 0.15) is 5.49 Å². The predicted octanol–water partition coefficient (Wildman–Crippen LogP) is 3.70. The monoisotopic (exact) mass is 412 g/mol. The highest BCUT2D eigenvalue weighted by molar-refractivity contribution is 5.57. The van der Waals surface area contributed by atoms with E-state index in [4.69, 9.17) is 11.1 Å². The van der Waals surface area contributed by atoms with Gasteiger partial charge in [0, 0.05) is 23.7 Å². The number of pyridine rings is 1. The van der Waals surface area contributed by atoms with Crippen LogP contribution in [0.25, 0.3) is 11.3 Å². The maximum absolute atomic E-state index is 15.1. The van der Waals surface area contributed by atoms with Gasteiger partial charge >= 0.3 is 5.92 Å². The Morgan fingerprint density at radius 3 is 2.40 bits per heavy atom. The second kappa shape index (κ2) is 10.4. The summed E-state index contributed by atoms with van der Waals surface area (Å²) >= 11 is 0. The highest BCUT2D eigenvalue weighted by Crippen LogP contribution is 2.28. The van der Waals surface area contributed by atoms with Gasteiger partial charge in [-0.3, -0.25) is 15.7 Å². The van der Waals surface area contributed by atoms with Crippen LogP contribution in [-0.2, 0) is 0 Å². The van der Waals surface area contributed by atoms with Crippen molar-refractivity contribution in [1.29, 1.82) is 5.41 Å². The summed E-state index contributed by atoms with van der Waals surface area (Å²) in [6.07, 6.45) is 10.4. The van der Waals surface area contributed by atoms with E-state index in [9.17, 15) is 0 Å². The third kappa shape index (κ3) is 5.57. The van der Waals surface area contributed by atoms with Crippen LogP contribution in [0, 0.1) is 5.41 Å². The summed E-state index contributed by atoms with van der Waals surface area (Å²) in [5.41, 5.74) is 7.79. The van der Waals surface area contributed by atoms with Gasteiger partial charge < -0.3 is 5.73 Å². The minimum absolute atomic E-state index is 0.155. The zero-order valence-electron chi connectivity index (χ0n) is 17.2. The molecular weight excluding hydrogens is 386 g/mol. The SMILES string of the molecule is C\C=C/C(N)=C(/C=C\C)\C=C\C(F)(F)C(NC)n1nc(-c2ccncc2)ccc1=N. The Kier molecular flexibility index (Phi) is 7.94. The summed E-state index contributed by atoms with van der Waals surface area (Å²) in [4.78, 5) is 3.95. The number of hydrogen-bond acceptors (Lipinski definition) is 5. The van der Waals surface area contributed by atoms with Gasteiger partial charge in [0.25, 0.3) is 0 Å². The second-order valence-electron chi connectivity index (χ2n) is 6.39. The van der Waals surface area contributed by atoms with E-state index in [-0.39, 0.29) is 5.49 Å². The number of nitrogens with two attached hydrogens (primary N) is 1. The van der Waals surface area contributed by atoms with Crippen molar-refractivity contribution in [2.24, 2.45) is 5.73 Å². The molecule has 0 saturated heterocycles. The van der Waals surface area contributed by atoms with Gasteiger partial charge in [-0.1, -0.05) is 24.3 Å². The molecule has 2 aromatic rings. The third-order valence-corrected chi connectivity index (χ3v) is 4.23. The molecule has 8 heteroatoms. The molecular formula is C22H26F2N6. The molecule has 6 nitrogen and oxygen atoms in total. The van der Waals surface area contributed by atoms with E-state index in [1.165, 1.54) is 19.2 Å². The van der Waals surface area contributed by atoms with Crippen LogP contribution >= 0.6 is 0 Å². The summed E-state index contributed by atoms with van der Waals surface area (Å²) in [5, 5.41) is 14.9. The lowest BCUT2D eigenvalue weighted by Crippen LogP contribution is -2.44. The van der Waals surface area contributed by atoms with E-state index in [2.05, 4.69) is 15.4 Å². The molecule has 0 spiro atoms. The van der Waals surface area contributed by atoms with E-state index in [1.54, 1.807) is 68.7 Å². The molecule has 2 rings (SSSR count). The smallest absolute Gasteiger partial charge is 0.301 e. The minimum atomic E-state index is -3.36. The van der Waals surface area contributed by atoms with Crippen molar-refractivity contribution in [3.63, 3.8) is 0 Å². The van der Waals surface area contributed by atoms with Crippen molar-refractivity contribution in [3.05, 3.63) is 89.9 Å². The molecule has 1 atom stereocenters. The largest absolute Gasteiger partial charge is 0.398 e. The van der Waals surface area contributed by atoms with Crippen LogP contribution in [0.1, 0.15) is 20.0 Å². The van der Waals surface area contributed by atoms with Gasteiger partial charge in [0.05, 0.1) is 5.69 Å². The topological polar surface area (TPSA) is 92.6 Å². The van der Waals surface area contributed by atoms with E-state index in [0.29, 0.717) is 22.5 Å². The molecule has 0 saturated carbocycles. The normalized spacial score (nSPS) is 14.6. The molecule has 4 N–H and O–H groups in total. The lowest BCUT2D eigenvalue weighted by molar-refractivity contribution is -0.0213. The highest BCUT2D eigenvalue weighted by Gasteiger charge is 2.38. The lowest BCUT2D eigenvalue weighted by Gasteiger charge is -2.26. The van der Waals surface area contributed by atoms with Crippen molar-refractivity contribution < 1.29 is 8.78 Å². The van der Waals surface area contributed by atoms with Gasteiger partial charge in [-0.15, -0.1) is 0 Å². The fourth-order valence-corrected chi connectivity index (χ4v) is 2.78. The van der Waals surface area contributed by atoms with Gasteiger partial charge in [0.15, 0.2) is 6.17 Å². The van der Waals surface area contributed by atoms with Crippen LogP contribution < -0.4 is 16.5 Å². The average Bonchev–Trinajstić information content (AvgIpc) is 2.73. The number of alkyl halides is 2. The number of nitrogens with zero attached hydrogens (tertiary/aromatic N) is 3. The number of rotatable bonds is 8. The number of halogens is 2. The summed E-state index contributed by atoms with van der Waals surface area (Å²) < 4.78 is 31.2. The molecule has 0 aromatic carbocycles. The number of hydrogen-bond donors (Lipinski definition) is 3. The summed E-state index contributed by atoms with van der Waals surface area (Å²) in [7, 11) is 1.40. The van der Waals surface area contributed by atoms with Crippen LogP contribution in [0.2, 0.25) is 0 Å². The molecule has 2 aromatic heterocycles. The Morgan fingerprint density at radius 2 is 1.80 bits per heavy atom. The van der Waals surface area contributed by atoms with Crippen molar-refractivity contribution in [3.8, 4) is 11.3 Å². The average molecular weight is 412 g/mol. The zero-order chi connectivity index (χ0) is 22.1. The van der Waals surface area contributed by atoms with E-state index >= 15 is 8.78 Å².